The van der Waals surface area contributed by atoms with Crippen molar-refractivity contribution in [3.05, 3.63) is 24.3 Å². The molecule has 0 rings (SSSR count). The third kappa shape index (κ3) is 7.38. The van der Waals surface area contributed by atoms with Gasteiger partial charge in [-0.1, -0.05) is 38.2 Å². The fourth-order valence-corrected chi connectivity index (χ4v) is 1.07. The molecule has 0 saturated carbocycles. The van der Waals surface area contributed by atoms with E-state index >= 15 is 0 Å². The molecule has 64 valence electrons. The van der Waals surface area contributed by atoms with E-state index in [1.807, 2.05) is 0 Å². The summed E-state index contributed by atoms with van der Waals surface area (Å²) in [6, 6.07) is 0. The van der Waals surface area contributed by atoms with Crippen LogP contribution in [0, 0.1) is 5.92 Å². The lowest BCUT2D eigenvalue weighted by molar-refractivity contribution is 0.656. The van der Waals surface area contributed by atoms with Gasteiger partial charge in [-0.2, -0.15) is 0 Å². The Morgan fingerprint density at radius 1 is 1.27 bits per heavy atom. The van der Waals surface area contributed by atoms with E-state index in [1.54, 1.807) is 0 Å². The SMILES string of the molecule is CC=CC(C)CCC=CCC. The molecule has 0 aromatic carbocycles. The van der Waals surface area contributed by atoms with Crippen LogP contribution < -0.4 is 0 Å². The highest BCUT2D eigenvalue weighted by Gasteiger charge is 1.92. The standard InChI is InChI=1S/C11H20/c1-4-6-7-8-10-11(3)9-5-2/h5-7,9,11H,4,8,10H2,1-3H3. The maximum absolute atomic E-state index is 2.28. The molecule has 0 heteroatoms. The summed E-state index contributed by atoms with van der Waals surface area (Å²) in [5.41, 5.74) is 0. The molecule has 0 bridgehead atoms. The van der Waals surface area contributed by atoms with Crippen LogP contribution in [-0.4, -0.2) is 0 Å². The minimum absolute atomic E-state index is 0.738. The number of rotatable bonds is 5. The molecule has 0 N–H and O–H groups in total. The lowest BCUT2D eigenvalue weighted by Gasteiger charge is -2.01. The molecule has 0 radical (unpaired) electrons. The minimum atomic E-state index is 0.738. The van der Waals surface area contributed by atoms with E-state index in [0.717, 1.165) is 12.3 Å². The summed E-state index contributed by atoms with van der Waals surface area (Å²) in [6.45, 7) is 6.52. The summed E-state index contributed by atoms with van der Waals surface area (Å²) in [5.74, 6) is 0.738. The molecule has 0 fully saturated rings. The van der Waals surface area contributed by atoms with Crippen LogP contribution in [-0.2, 0) is 0 Å². The van der Waals surface area contributed by atoms with Crippen LogP contribution in [0.15, 0.2) is 24.3 Å². The molecule has 0 saturated heterocycles. The molecule has 0 spiro atoms. The second-order valence-electron chi connectivity index (χ2n) is 2.96. The monoisotopic (exact) mass is 152 g/mol. The van der Waals surface area contributed by atoms with Crippen LogP contribution in [0.25, 0.3) is 0 Å². The van der Waals surface area contributed by atoms with Crippen molar-refractivity contribution < 1.29 is 0 Å². The lowest BCUT2D eigenvalue weighted by atomic mass is 10.1. The highest BCUT2D eigenvalue weighted by atomic mass is 14.0. The van der Waals surface area contributed by atoms with Crippen molar-refractivity contribution in [3.63, 3.8) is 0 Å². The summed E-state index contributed by atoms with van der Waals surface area (Å²) >= 11 is 0. The van der Waals surface area contributed by atoms with Crippen molar-refractivity contribution in [2.45, 2.75) is 40.0 Å². The van der Waals surface area contributed by atoms with Gasteiger partial charge in [0.2, 0.25) is 0 Å². The number of hydrogen-bond acceptors (Lipinski definition) is 0. The maximum Gasteiger partial charge on any atom is -0.0259 e. The van der Waals surface area contributed by atoms with Crippen molar-refractivity contribution in [2.75, 3.05) is 0 Å². The Labute approximate surface area is 71.0 Å². The molecule has 0 aliphatic carbocycles. The third-order valence-corrected chi connectivity index (χ3v) is 1.71. The van der Waals surface area contributed by atoms with E-state index in [4.69, 9.17) is 0 Å². The van der Waals surface area contributed by atoms with E-state index in [9.17, 15) is 0 Å². The van der Waals surface area contributed by atoms with Gasteiger partial charge in [0.05, 0.1) is 0 Å². The first-order valence-corrected chi connectivity index (χ1v) is 4.59. The molecule has 0 aromatic heterocycles. The second-order valence-corrected chi connectivity index (χ2v) is 2.96. The van der Waals surface area contributed by atoms with Gasteiger partial charge in [0.15, 0.2) is 0 Å². The number of hydrogen-bond donors (Lipinski definition) is 0. The average Bonchev–Trinajstić information content (AvgIpc) is 1.99. The Morgan fingerprint density at radius 2 is 2.00 bits per heavy atom. The number of allylic oxidation sites excluding steroid dienone is 4. The summed E-state index contributed by atoms with van der Waals surface area (Å²) in [7, 11) is 0. The summed E-state index contributed by atoms with van der Waals surface area (Å²) < 4.78 is 0. The third-order valence-electron chi connectivity index (χ3n) is 1.71. The molecule has 0 amide bonds. The van der Waals surface area contributed by atoms with Gasteiger partial charge in [-0.05, 0) is 32.1 Å². The zero-order valence-electron chi connectivity index (χ0n) is 8.01. The van der Waals surface area contributed by atoms with Gasteiger partial charge in [-0.25, -0.2) is 0 Å². The Bertz CT molecular complexity index is 120. The van der Waals surface area contributed by atoms with Gasteiger partial charge in [0, 0.05) is 0 Å². The lowest BCUT2D eigenvalue weighted by Crippen LogP contribution is -1.86. The van der Waals surface area contributed by atoms with E-state index in [2.05, 4.69) is 45.1 Å². The average molecular weight is 152 g/mol. The molecule has 0 aromatic rings. The van der Waals surface area contributed by atoms with Gasteiger partial charge < -0.3 is 0 Å². The van der Waals surface area contributed by atoms with Gasteiger partial charge in [0.1, 0.15) is 0 Å². The maximum atomic E-state index is 2.28. The Hall–Kier alpha value is -0.520. The first kappa shape index (κ1) is 10.5. The fraction of sp³-hybridized carbons (Fsp3) is 0.636. The van der Waals surface area contributed by atoms with Crippen molar-refractivity contribution in [3.8, 4) is 0 Å². The Balaban J connectivity index is 3.30. The highest BCUT2D eigenvalue weighted by molar-refractivity contribution is 4.86. The van der Waals surface area contributed by atoms with Crippen LogP contribution in [0.4, 0.5) is 0 Å². The Kier molecular flexibility index (Phi) is 7.23. The fourth-order valence-electron chi connectivity index (χ4n) is 1.07. The van der Waals surface area contributed by atoms with Crippen molar-refractivity contribution in [2.24, 2.45) is 5.92 Å². The normalized spacial score (nSPS) is 14.8. The van der Waals surface area contributed by atoms with Gasteiger partial charge >= 0.3 is 0 Å². The summed E-state index contributed by atoms with van der Waals surface area (Å²) in [4.78, 5) is 0. The van der Waals surface area contributed by atoms with E-state index < -0.39 is 0 Å². The Morgan fingerprint density at radius 3 is 2.55 bits per heavy atom. The van der Waals surface area contributed by atoms with Crippen LogP contribution >= 0.6 is 0 Å². The molecule has 0 heterocycles. The molecule has 0 aliphatic rings. The molecule has 0 aliphatic heterocycles. The molecule has 1 atom stereocenters. The summed E-state index contributed by atoms with van der Waals surface area (Å²) in [6.07, 6.45) is 12.6. The molecule has 11 heavy (non-hydrogen) atoms. The van der Waals surface area contributed by atoms with Gasteiger partial charge in [-0.15, -0.1) is 0 Å². The first-order valence-electron chi connectivity index (χ1n) is 4.59. The zero-order valence-corrected chi connectivity index (χ0v) is 8.01. The van der Waals surface area contributed by atoms with Crippen molar-refractivity contribution in [1.82, 2.24) is 0 Å². The second kappa shape index (κ2) is 7.59. The van der Waals surface area contributed by atoms with E-state index in [1.165, 1.54) is 12.8 Å². The topological polar surface area (TPSA) is 0 Å². The van der Waals surface area contributed by atoms with Gasteiger partial charge in [0.25, 0.3) is 0 Å². The highest BCUT2D eigenvalue weighted by Crippen LogP contribution is 2.07. The first-order chi connectivity index (χ1) is 5.31. The molecule has 1 unspecified atom stereocenters. The van der Waals surface area contributed by atoms with Crippen LogP contribution in [0.2, 0.25) is 0 Å². The summed E-state index contributed by atoms with van der Waals surface area (Å²) in [5, 5.41) is 0. The van der Waals surface area contributed by atoms with E-state index in [-0.39, 0.29) is 0 Å². The molecular formula is C11H20. The quantitative estimate of drug-likeness (QED) is 0.523. The molecule has 0 nitrogen and oxygen atoms in total. The minimum Gasteiger partial charge on any atom is -0.0914 e. The smallest absolute Gasteiger partial charge is 0.0259 e. The van der Waals surface area contributed by atoms with Crippen molar-refractivity contribution in [1.29, 1.82) is 0 Å². The van der Waals surface area contributed by atoms with E-state index in [0.29, 0.717) is 0 Å². The zero-order chi connectivity index (χ0) is 8.53. The van der Waals surface area contributed by atoms with Crippen LogP contribution in [0.3, 0.4) is 0 Å². The van der Waals surface area contributed by atoms with Crippen molar-refractivity contribution >= 4 is 0 Å². The van der Waals surface area contributed by atoms with Crippen LogP contribution in [0.5, 0.6) is 0 Å². The largest absolute Gasteiger partial charge is 0.0914 e. The predicted molar refractivity (Wildman–Crippen MR) is 52.6 cm³/mol. The molecular weight excluding hydrogens is 132 g/mol. The van der Waals surface area contributed by atoms with Gasteiger partial charge in [-0.3, -0.25) is 0 Å². The predicted octanol–water partition coefficient (Wildman–Crippen LogP) is 3.95. The van der Waals surface area contributed by atoms with Crippen LogP contribution in [0.1, 0.15) is 40.0 Å².